The van der Waals surface area contributed by atoms with E-state index in [1.165, 1.54) is 12.3 Å². The van der Waals surface area contributed by atoms with Crippen LogP contribution in [0, 0.1) is 6.92 Å². The zero-order valence-electron chi connectivity index (χ0n) is 13.5. The van der Waals surface area contributed by atoms with Gasteiger partial charge in [-0.15, -0.1) is 0 Å². The molecule has 0 aliphatic carbocycles. The Hall–Kier alpha value is -2.49. The molecule has 0 saturated carbocycles. The summed E-state index contributed by atoms with van der Waals surface area (Å²) < 4.78 is 45.1. The minimum absolute atomic E-state index is 0.238. The summed E-state index contributed by atoms with van der Waals surface area (Å²) in [7, 11) is 0. The molecule has 3 aromatic rings. The van der Waals surface area contributed by atoms with Crippen LogP contribution in [0.2, 0.25) is 0 Å². The fourth-order valence-electron chi connectivity index (χ4n) is 2.30. The predicted molar refractivity (Wildman–Crippen MR) is 88.7 cm³/mol. The minimum atomic E-state index is -4.50. The highest BCUT2D eigenvalue weighted by atomic mass is 32.1. The molecule has 1 N–H and O–H groups in total. The predicted octanol–water partition coefficient (Wildman–Crippen LogP) is 4.28. The van der Waals surface area contributed by atoms with Crippen molar-refractivity contribution in [3.63, 3.8) is 0 Å². The van der Waals surface area contributed by atoms with E-state index < -0.39 is 11.7 Å². The molecule has 0 radical (unpaired) electrons. The van der Waals surface area contributed by atoms with Crippen LogP contribution in [-0.4, -0.2) is 24.1 Å². The fourth-order valence-corrected chi connectivity index (χ4v) is 2.88. The van der Waals surface area contributed by atoms with Crippen molar-refractivity contribution in [3.8, 4) is 11.4 Å². The van der Waals surface area contributed by atoms with Crippen LogP contribution in [0.25, 0.3) is 11.4 Å². The van der Waals surface area contributed by atoms with Crippen LogP contribution in [0.4, 0.5) is 24.1 Å². The second-order valence-electron chi connectivity index (χ2n) is 5.34. The number of rotatable bonds is 5. The van der Waals surface area contributed by atoms with E-state index in [2.05, 4.69) is 24.8 Å². The van der Waals surface area contributed by atoms with Crippen LogP contribution in [0.5, 0.6) is 0 Å². The third-order valence-corrected chi connectivity index (χ3v) is 4.03. The Kier molecular flexibility index (Phi) is 4.71. The van der Waals surface area contributed by atoms with Gasteiger partial charge in [-0.3, -0.25) is 4.68 Å². The number of halogens is 3. The number of aryl methyl sites for hydroxylation is 2. The molecule has 0 aliphatic heterocycles. The molecule has 132 valence electrons. The summed E-state index contributed by atoms with van der Waals surface area (Å²) in [5.41, 5.74) is 0.681. The van der Waals surface area contributed by atoms with Gasteiger partial charge in [0, 0.05) is 30.5 Å². The molecule has 25 heavy (non-hydrogen) atoms. The third-order valence-electron chi connectivity index (χ3n) is 3.40. The molecule has 0 spiro atoms. The van der Waals surface area contributed by atoms with Crippen molar-refractivity contribution >= 4 is 22.5 Å². The Morgan fingerprint density at radius 3 is 2.84 bits per heavy atom. The van der Waals surface area contributed by atoms with E-state index in [0.29, 0.717) is 5.82 Å². The summed E-state index contributed by atoms with van der Waals surface area (Å²) in [6.45, 7) is 4.67. The van der Waals surface area contributed by atoms with E-state index in [9.17, 15) is 13.2 Å². The van der Waals surface area contributed by atoms with Gasteiger partial charge in [0.25, 0.3) is 0 Å². The minimum Gasteiger partial charge on any atom is -0.314 e. The smallest absolute Gasteiger partial charge is 0.314 e. The highest BCUT2D eigenvalue weighted by molar-refractivity contribution is 7.09. The molecule has 0 unspecified atom stereocenters. The molecule has 0 saturated heterocycles. The van der Waals surface area contributed by atoms with Crippen molar-refractivity contribution in [1.82, 2.24) is 24.1 Å². The van der Waals surface area contributed by atoms with E-state index in [1.54, 1.807) is 4.68 Å². The van der Waals surface area contributed by atoms with Crippen LogP contribution in [0.15, 0.2) is 24.5 Å². The van der Waals surface area contributed by atoms with E-state index in [4.69, 9.17) is 0 Å². The van der Waals surface area contributed by atoms with Crippen molar-refractivity contribution in [3.05, 3.63) is 35.8 Å². The van der Waals surface area contributed by atoms with Gasteiger partial charge in [0.15, 0.2) is 5.82 Å². The maximum absolute atomic E-state index is 13.0. The van der Waals surface area contributed by atoms with Gasteiger partial charge >= 0.3 is 6.18 Å². The van der Waals surface area contributed by atoms with E-state index in [-0.39, 0.29) is 10.9 Å². The highest BCUT2D eigenvalue weighted by Gasteiger charge is 2.34. The highest BCUT2D eigenvalue weighted by Crippen LogP contribution is 2.35. The zero-order chi connectivity index (χ0) is 18.0. The van der Waals surface area contributed by atoms with Gasteiger partial charge in [0.05, 0.1) is 16.8 Å². The first-order chi connectivity index (χ1) is 11.9. The molecule has 0 atom stereocenters. The molecule has 0 bridgehead atoms. The molecule has 6 nitrogen and oxygen atoms in total. The first-order valence-corrected chi connectivity index (χ1v) is 8.33. The first-order valence-electron chi connectivity index (χ1n) is 7.56. The largest absolute Gasteiger partial charge is 0.419 e. The van der Waals surface area contributed by atoms with Crippen LogP contribution >= 0.6 is 11.5 Å². The zero-order valence-corrected chi connectivity index (χ0v) is 14.3. The number of pyridine rings is 1. The summed E-state index contributed by atoms with van der Waals surface area (Å²) >= 11 is 0.973. The Balaban J connectivity index is 1.86. The Morgan fingerprint density at radius 2 is 2.12 bits per heavy atom. The molecule has 0 amide bonds. The molecule has 0 fully saturated rings. The first kappa shape index (κ1) is 17.3. The Labute approximate surface area is 145 Å². The summed E-state index contributed by atoms with van der Waals surface area (Å²) in [6.07, 6.45) is -0.426. The summed E-state index contributed by atoms with van der Waals surface area (Å²) in [6, 6.07) is 2.21. The van der Waals surface area contributed by atoms with Crippen LogP contribution in [0.1, 0.15) is 24.6 Å². The van der Waals surface area contributed by atoms with Crippen LogP contribution < -0.4 is 5.32 Å². The van der Waals surface area contributed by atoms with Crippen molar-refractivity contribution in [2.45, 2.75) is 33.0 Å². The van der Waals surface area contributed by atoms with Crippen molar-refractivity contribution in [1.29, 1.82) is 0 Å². The Morgan fingerprint density at radius 1 is 1.32 bits per heavy atom. The molecular weight excluding hydrogens is 353 g/mol. The third kappa shape index (κ3) is 3.78. The van der Waals surface area contributed by atoms with Crippen molar-refractivity contribution in [2.75, 3.05) is 5.32 Å². The van der Waals surface area contributed by atoms with E-state index in [0.717, 1.165) is 41.8 Å². The molecule has 0 aromatic carbocycles. The van der Waals surface area contributed by atoms with Crippen molar-refractivity contribution < 1.29 is 13.2 Å². The lowest BCUT2D eigenvalue weighted by molar-refractivity contribution is -0.137. The average Bonchev–Trinajstić information content (AvgIpc) is 3.14. The van der Waals surface area contributed by atoms with Gasteiger partial charge in [-0.1, -0.05) is 6.92 Å². The summed E-state index contributed by atoms with van der Waals surface area (Å²) in [4.78, 5) is 8.03. The quantitative estimate of drug-likeness (QED) is 0.728. The van der Waals surface area contributed by atoms with Gasteiger partial charge in [-0.05, 0) is 25.5 Å². The summed E-state index contributed by atoms with van der Waals surface area (Å²) in [5, 5.41) is 7.22. The molecule has 3 rings (SSSR count). The molecule has 0 aliphatic rings. The summed E-state index contributed by atoms with van der Waals surface area (Å²) in [5.74, 6) is 0.132. The maximum Gasteiger partial charge on any atom is 0.419 e. The number of nitrogens with zero attached hydrogens (tertiary/aromatic N) is 5. The lowest BCUT2D eigenvalue weighted by Gasteiger charge is -2.11. The van der Waals surface area contributed by atoms with Gasteiger partial charge in [-0.25, -0.2) is 4.98 Å². The second kappa shape index (κ2) is 6.79. The molecule has 10 heteroatoms. The SMILES string of the molecule is CCCn1cc(-c2nsc(Nc3ncccc3C(F)(F)F)n2)c(C)n1. The van der Waals surface area contributed by atoms with E-state index in [1.807, 2.05) is 20.0 Å². The molecular formula is C15H15F3N6S. The molecule has 3 heterocycles. The topological polar surface area (TPSA) is 68.5 Å². The fraction of sp³-hybridized carbons (Fsp3) is 0.333. The normalized spacial score (nSPS) is 11.7. The maximum atomic E-state index is 13.0. The van der Waals surface area contributed by atoms with Crippen LogP contribution in [0.3, 0.4) is 0 Å². The number of hydrogen-bond donors (Lipinski definition) is 1. The average molecular weight is 368 g/mol. The number of alkyl halides is 3. The molecule has 3 aromatic heterocycles. The standard InChI is InChI=1S/C15H15F3N6S/c1-3-7-24-8-10(9(2)22-24)12-20-14(25-23-12)21-13-11(15(16,17)18)5-4-6-19-13/h4-6,8H,3,7H2,1-2H3,(H,19,20,21,23). The monoisotopic (exact) mass is 368 g/mol. The van der Waals surface area contributed by atoms with E-state index >= 15 is 0 Å². The van der Waals surface area contributed by atoms with Gasteiger partial charge < -0.3 is 5.32 Å². The van der Waals surface area contributed by atoms with Crippen molar-refractivity contribution in [2.24, 2.45) is 0 Å². The van der Waals surface area contributed by atoms with Gasteiger partial charge in [0.2, 0.25) is 5.13 Å². The van der Waals surface area contributed by atoms with Gasteiger partial charge in [0.1, 0.15) is 5.82 Å². The lowest BCUT2D eigenvalue weighted by Crippen LogP contribution is -2.09. The Bertz CT molecular complexity index is 870. The number of anilines is 2. The lowest BCUT2D eigenvalue weighted by atomic mass is 10.2. The van der Waals surface area contributed by atoms with Gasteiger partial charge in [-0.2, -0.15) is 27.6 Å². The number of nitrogens with one attached hydrogen (secondary N) is 1. The number of hydrogen-bond acceptors (Lipinski definition) is 6. The van der Waals surface area contributed by atoms with Crippen LogP contribution in [-0.2, 0) is 12.7 Å². The second-order valence-corrected chi connectivity index (χ2v) is 6.09. The number of aromatic nitrogens is 5.